The monoisotopic (exact) mass is 792 g/mol. The zero-order valence-electron chi connectivity index (χ0n) is 27.9. The molecule has 1 heterocycles. The predicted octanol–water partition coefficient (Wildman–Crippen LogP) is 11.2. The van der Waals surface area contributed by atoms with Gasteiger partial charge < -0.3 is 4.74 Å². The fourth-order valence-corrected chi connectivity index (χ4v) is 4.34. The van der Waals surface area contributed by atoms with Gasteiger partial charge in [-0.15, -0.1) is 0 Å². The summed E-state index contributed by atoms with van der Waals surface area (Å²) in [4.78, 5) is 8.79. The second-order valence-corrected chi connectivity index (χ2v) is 11.7. The summed E-state index contributed by atoms with van der Waals surface area (Å²) in [5, 5.41) is 0. The molecule has 20 heteroatoms. The maximum atomic E-state index is 13.7. The molecule has 0 aliphatic heterocycles. The number of hydrogen-bond acceptors (Lipinski definition) is 5. The standard InChI is InChI=1S/C33H35F15N2O3/c1-2-3-4-5-6-7-8-10-14-24-20-49-26(50-21-24)25-17-15-23(16-18-25)13-11-9-12-19-51-22-27(34,35)52-32(45,46)33(47,48)53-31(43,44)29(38,39)28(36,37)30(40,41)42/h15-18,20-21H,2-10,12,14,19,22H2,1H3. The van der Waals surface area contributed by atoms with Gasteiger partial charge >= 0.3 is 42.5 Å². The summed E-state index contributed by atoms with van der Waals surface area (Å²) >= 11 is 0. The Bertz CT molecular complexity index is 1460. The second kappa shape index (κ2) is 18.8. The third kappa shape index (κ3) is 13.2. The molecule has 0 N–H and O–H groups in total. The lowest BCUT2D eigenvalue weighted by Crippen LogP contribution is -2.64. The summed E-state index contributed by atoms with van der Waals surface area (Å²) < 4.78 is 204. The molecule has 300 valence electrons. The highest BCUT2D eigenvalue weighted by molar-refractivity contribution is 5.56. The molecule has 2 rings (SSSR count). The van der Waals surface area contributed by atoms with Gasteiger partial charge in [0.2, 0.25) is 0 Å². The molecule has 0 atom stereocenters. The molecule has 0 radical (unpaired) electrons. The van der Waals surface area contributed by atoms with Crippen LogP contribution >= 0.6 is 0 Å². The van der Waals surface area contributed by atoms with Crippen LogP contribution in [0.4, 0.5) is 65.9 Å². The molecule has 2 aromatic rings. The number of aryl methyl sites for hydroxylation is 1. The number of alkyl halides is 15. The van der Waals surface area contributed by atoms with Crippen LogP contribution in [-0.4, -0.2) is 65.6 Å². The summed E-state index contributed by atoms with van der Waals surface area (Å²) in [5.74, 6) is -9.83. The van der Waals surface area contributed by atoms with Crippen molar-refractivity contribution in [1.82, 2.24) is 9.97 Å². The molecule has 1 aromatic heterocycles. The summed E-state index contributed by atoms with van der Waals surface area (Å²) in [7, 11) is 0. The third-order valence-corrected chi connectivity index (χ3v) is 7.25. The van der Waals surface area contributed by atoms with Crippen molar-refractivity contribution in [1.29, 1.82) is 0 Å². The van der Waals surface area contributed by atoms with Crippen LogP contribution in [0.2, 0.25) is 0 Å². The van der Waals surface area contributed by atoms with Gasteiger partial charge in [0.25, 0.3) is 0 Å². The molecule has 0 saturated carbocycles. The van der Waals surface area contributed by atoms with E-state index in [4.69, 9.17) is 0 Å². The lowest BCUT2D eigenvalue weighted by atomic mass is 10.1. The molecule has 0 aliphatic rings. The number of aromatic nitrogens is 2. The van der Waals surface area contributed by atoms with E-state index in [-0.39, 0.29) is 12.8 Å². The highest BCUT2D eigenvalue weighted by Gasteiger charge is 2.85. The topological polar surface area (TPSA) is 53.5 Å². The molecule has 5 nitrogen and oxygen atoms in total. The van der Waals surface area contributed by atoms with E-state index in [1.807, 2.05) is 0 Å². The molecule has 1 aromatic carbocycles. The minimum atomic E-state index is -7.91. The molecule has 0 fully saturated rings. The van der Waals surface area contributed by atoms with Crippen LogP contribution in [0.15, 0.2) is 36.7 Å². The smallest absolute Gasteiger partial charge is 0.372 e. The zero-order chi connectivity index (χ0) is 40.2. The van der Waals surface area contributed by atoms with E-state index >= 15 is 0 Å². The first-order valence-corrected chi connectivity index (χ1v) is 16.1. The Labute approximate surface area is 294 Å². The Morgan fingerprint density at radius 1 is 0.604 bits per heavy atom. The fourth-order valence-electron chi connectivity index (χ4n) is 4.34. The fraction of sp³-hybridized carbons (Fsp3) is 0.636. The Morgan fingerprint density at radius 3 is 1.68 bits per heavy atom. The maximum Gasteiger partial charge on any atom is 0.460 e. The van der Waals surface area contributed by atoms with Crippen LogP contribution in [0.25, 0.3) is 11.4 Å². The van der Waals surface area contributed by atoms with Crippen LogP contribution in [0.3, 0.4) is 0 Å². The van der Waals surface area contributed by atoms with Crippen LogP contribution in [0.5, 0.6) is 0 Å². The van der Waals surface area contributed by atoms with Crippen LogP contribution < -0.4 is 0 Å². The molecule has 0 bridgehead atoms. The molecule has 53 heavy (non-hydrogen) atoms. The van der Waals surface area contributed by atoms with Crippen molar-refractivity contribution < 1.29 is 80.1 Å². The highest BCUT2D eigenvalue weighted by atomic mass is 19.4. The molecular weight excluding hydrogens is 757 g/mol. The van der Waals surface area contributed by atoms with E-state index in [2.05, 4.69) is 38.2 Å². The third-order valence-electron chi connectivity index (χ3n) is 7.25. The average molecular weight is 793 g/mol. The average Bonchev–Trinajstić information content (AvgIpc) is 3.04. The van der Waals surface area contributed by atoms with Crippen LogP contribution in [0, 0.1) is 11.8 Å². The van der Waals surface area contributed by atoms with E-state index in [0.717, 1.165) is 24.8 Å². The van der Waals surface area contributed by atoms with Crippen molar-refractivity contribution in [2.75, 3.05) is 13.2 Å². The van der Waals surface area contributed by atoms with Gasteiger partial charge in [-0.2, -0.15) is 65.9 Å². The number of hydrogen-bond donors (Lipinski definition) is 0. The van der Waals surface area contributed by atoms with Crippen molar-refractivity contribution >= 4 is 0 Å². The van der Waals surface area contributed by atoms with E-state index in [9.17, 15) is 65.9 Å². The van der Waals surface area contributed by atoms with Crippen molar-refractivity contribution in [3.05, 3.63) is 47.8 Å². The summed E-state index contributed by atoms with van der Waals surface area (Å²) in [5.41, 5.74) is 2.25. The van der Waals surface area contributed by atoms with Gasteiger partial charge in [-0.3, -0.25) is 0 Å². The first-order valence-electron chi connectivity index (χ1n) is 16.1. The molecule has 0 spiro atoms. The minimum absolute atomic E-state index is 0.0362. The SMILES string of the molecule is CCCCCCCCCCc1cnc(-c2ccc(C#CCCCOCC(F)(F)OC(F)(F)C(F)(F)OC(F)(F)C(F)(F)C(F)(F)C(F)(F)F)cc2)nc1. The van der Waals surface area contributed by atoms with Crippen molar-refractivity contribution in [3.63, 3.8) is 0 Å². The van der Waals surface area contributed by atoms with Gasteiger partial charge in [0.15, 0.2) is 5.82 Å². The van der Waals surface area contributed by atoms with Crippen molar-refractivity contribution in [2.45, 2.75) is 120 Å². The Kier molecular flexibility index (Phi) is 16.3. The lowest BCUT2D eigenvalue weighted by Gasteiger charge is -2.36. The highest BCUT2D eigenvalue weighted by Crippen LogP contribution is 2.56. The Balaban J connectivity index is 1.80. The van der Waals surface area contributed by atoms with Crippen molar-refractivity contribution in [2.24, 2.45) is 0 Å². The quantitative estimate of drug-likeness (QED) is 0.0675. The van der Waals surface area contributed by atoms with Gasteiger partial charge in [-0.1, -0.05) is 63.7 Å². The van der Waals surface area contributed by atoms with Gasteiger partial charge in [0.1, 0.15) is 6.61 Å². The molecule has 0 saturated heterocycles. The largest absolute Gasteiger partial charge is 0.460 e. The molecular formula is C33H35F15N2O3. The molecule has 0 aliphatic carbocycles. The van der Waals surface area contributed by atoms with E-state index in [0.29, 0.717) is 17.0 Å². The molecule has 0 amide bonds. The second-order valence-electron chi connectivity index (χ2n) is 11.7. The Morgan fingerprint density at radius 2 is 1.13 bits per heavy atom. The van der Waals surface area contributed by atoms with E-state index in [1.165, 1.54) is 38.5 Å². The van der Waals surface area contributed by atoms with Crippen LogP contribution in [0.1, 0.15) is 82.3 Å². The zero-order valence-corrected chi connectivity index (χ0v) is 27.9. The summed E-state index contributed by atoms with van der Waals surface area (Å²) in [6, 6.07) is 6.70. The summed E-state index contributed by atoms with van der Waals surface area (Å²) in [6.07, 6.45) is -21.1. The van der Waals surface area contributed by atoms with Gasteiger partial charge in [-0.05, 0) is 49.1 Å². The number of unbranched alkanes of at least 4 members (excludes halogenated alkanes) is 8. The van der Waals surface area contributed by atoms with Gasteiger partial charge in [-0.25, -0.2) is 19.4 Å². The normalized spacial score (nSPS) is 13.6. The molecule has 0 unspecified atom stereocenters. The first kappa shape index (κ1) is 45.8. The van der Waals surface area contributed by atoms with Crippen LogP contribution in [-0.2, 0) is 20.6 Å². The van der Waals surface area contributed by atoms with E-state index < -0.39 is 55.7 Å². The summed E-state index contributed by atoms with van der Waals surface area (Å²) in [6.45, 7) is -0.763. The van der Waals surface area contributed by atoms with Crippen molar-refractivity contribution in [3.8, 4) is 23.2 Å². The lowest BCUT2D eigenvalue weighted by molar-refractivity contribution is -0.543. The Hall–Kier alpha value is -3.31. The number of benzene rings is 1. The number of ether oxygens (including phenoxy) is 3. The predicted molar refractivity (Wildman–Crippen MR) is 159 cm³/mol. The number of halogens is 15. The van der Waals surface area contributed by atoms with E-state index in [1.54, 1.807) is 41.4 Å². The van der Waals surface area contributed by atoms with Gasteiger partial charge in [0, 0.05) is 36.5 Å². The number of rotatable bonds is 22. The maximum absolute atomic E-state index is 13.7. The first-order chi connectivity index (χ1) is 24.4. The number of nitrogens with zero attached hydrogens (tertiary/aromatic N) is 2. The minimum Gasteiger partial charge on any atom is -0.372 e. The van der Waals surface area contributed by atoms with Gasteiger partial charge in [0.05, 0.1) is 0 Å².